The van der Waals surface area contributed by atoms with E-state index in [-0.39, 0.29) is 11.9 Å². The number of halogens is 3. The largest absolute Gasteiger partial charge is 0.378 e. The van der Waals surface area contributed by atoms with Crippen LogP contribution in [0.3, 0.4) is 0 Å². The topological polar surface area (TPSA) is 12.0 Å². The zero-order chi connectivity index (χ0) is 13.1. The van der Waals surface area contributed by atoms with E-state index in [1.807, 2.05) is 31.2 Å². The second-order valence-corrected chi connectivity index (χ2v) is 4.89. The van der Waals surface area contributed by atoms with E-state index in [0.29, 0.717) is 15.7 Å². The van der Waals surface area contributed by atoms with Crippen LogP contribution in [0.5, 0.6) is 0 Å². The van der Waals surface area contributed by atoms with Crippen molar-refractivity contribution in [2.75, 3.05) is 5.32 Å². The summed E-state index contributed by atoms with van der Waals surface area (Å²) in [6, 6.07) is 11.9. The lowest BCUT2D eigenvalue weighted by Crippen LogP contribution is -2.07. The van der Waals surface area contributed by atoms with E-state index < -0.39 is 0 Å². The molecule has 0 radical (unpaired) electrons. The molecule has 0 aliphatic carbocycles. The Kier molecular flexibility index (Phi) is 4.10. The third kappa shape index (κ3) is 3.15. The molecule has 1 nitrogen and oxygen atoms in total. The van der Waals surface area contributed by atoms with E-state index in [1.54, 1.807) is 6.07 Å². The van der Waals surface area contributed by atoms with Gasteiger partial charge in [0.15, 0.2) is 0 Å². The van der Waals surface area contributed by atoms with E-state index in [2.05, 4.69) is 5.32 Å². The van der Waals surface area contributed by atoms with Gasteiger partial charge in [-0.3, -0.25) is 0 Å². The predicted octanol–water partition coefficient (Wildman–Crippen LogP) is 5.31. The molecule has 0 saturated carbocycles. The maximum absolute atomic E-state index is 13.2. The van der Waals surface area contributed by atoms with Gasteiger partial charge in [-0.1, -0.05) is 41.4 Å². The van der Waals surface area contributed by atoms with Gasteiger partial charge in [-0.25, -0.2) is 4.39 Å². The third-order valence-electron chi connectivity index (χ3n) is 2.62. The van der Waals surface area contributed by atoms with Crippen molar-refractivity contribution < 1.29 is 4.39 Å². The van der Waals surface area contributed by atoms with E-state index in [0.717, 1.165) is 5.56 Å². The molecule has 1 unspecified atom stereocenters. The normalized spacial score (nSPS) is 12.2. The van der Waals surface area contributed by atoms with Crippen LogP contribution < -0.4 is 5.32 Å². The highest BCUT2D eigenvalue weighted by atomic mass is 35.5. The molecule has 0 aromatic heterocycles. The van der Waals surface area contributed by atoms with Gasteiger partial charge in [-0.2, -0.15) is 0 Å². The molecule has 2 aromatic rings. The van der Waals surface area contributed by atoms with E-state index in [9.17, 15) is 4.39 Å². The van der Waals surface area contributed by atoms with Gasteiger partial charge in [-0.05, 0) is 36.8 Å². The Hall–Kier alpha value is -1.25. The van der Waals surface area contributed by atoms with Crippen LogP contribution in [-0.4, -0.2) is 0 Å². The van der Waals surface area contributed by atoms with Gasteiger partial charge in [0.1, 0.15) is 5.82 Å². The first-order valence-electron chi connectivity index (χ1n) is 5.53. The van der Waals surface area contributed by atoms with Gasteiger partial charge in [0, 0.05) is 21.8 Å². The maximum atomic E-state index is 13.2. The molecule has 4 heteroatoms. The molecule has 0 aliphatic rings. The van der Waals surface area contributed by atoms with Crippen LogP contribution in [0.1, 0.15) is 18.5 Å². The van der Waals surface area contributed by atoms with Crippen molar-refractivity contribution in [1.82, 2.24) is 0 Å². The number of rotatable bonds is 3. The molecule has 2 rings (SSSR count). The van der Waals surface area contributed by atoms with E-state index in [4.69, 9.17) is 23.2 Å². The van der Waals surface area contributed by atoms with Crippen LogP contribution in [0.25, 0.3) is 0 Å². The lowest BCUT2D eigenvalue weighted by Gasteiger charge is -2.17. The summed E-state index contributed by atoms with van der Waals surface area (Å²) in [5, 5.41) is 4.22. The quantitative estimate of drug-likeness (QED) is 0.805. The van der Waals surface area contributed by atoms with Crippen LogP contribution in [0, 0.1) is 5.82 Å². The fourth-order valence-corrected chi connectivity index (χ4v) is 2.31. The standard InChI is InChI=1S/C14H12Cl2FN/c1-9(13-4-2-3-5-14(13)16)18-12-7-10(15)6-11(17)8-12/h2-9,18H,1H3. The first-order valence-corrected chi connectivity index (χ1v) is 6.29. The van der Waals surface area contributed by atoms with E-state index in [1.165, 1.54) is 12.1 Å². The molecular formula is C14H12Cl2FN. The van der Waals surface area contributed by atoms with Crippen molar-refractivity contribution in [2.24, 2.45) is 0 Å². The van der Waals surface area contributed by atoms with Crippen LogP contribution in [0.15, 0.2) is 42.5 Å². The Morgan fingerprint density at radius 3 is 2.50 bits per heavy atom. The number of hydrogen-bond acceptors (Lipinski definition) is 1. The molecule has 2 aromatic carbocycles. The summed E-state index contributed by atoms with van der Waals surface area (Å²) in [5.74, 6) is -0.364. The third-order valence-corrected chi connectivity index (χ3v) is 3.18. The van der Waals surface area contributed by atoms with Gasteiger partial charge in [0.2, 0.25) is 0 Å². The maximum Gasteiger partial charge on any atom is 0.126 e. The summed E-state index contributed by atoms with van der Waals surface area (Å²) in [5.41, 5.74) is 1.59. The van der Waals surface area contributed by atoms with Gasteiger partial charge in [-0.15, -0.1) is 0 Å². The molecule has 0 spiro atoms. The lowest BCUT2D eigenvalue weighted by atomic mass is 10.1. The highest BCUT2D eigenvalue weighted by Gasteiger charge is 2.09. The van der Waals surface area contributed by atoms with Gasteiger partial charge in [0.05, 0.1) is 0 Å². The monoisotopic (exact) mass is 283 g/mol. The van der Waals surface area contributed by atoms with Crippen molar-refractivity contribution >= 4 is 28.9 Å². The van der Waals surface area contributed by atoms with Crippen molar-refractivity contribution in [3.63, 3.8) is 0 Å². The number of anilines is 1. The van der Waals surface area contributed by atoms with Crippen molar-refractivity contribution in [3.8, 4) is 0 Å². The van der Waals surface area contributed by atoms with Gasteiger partial charge >= 0.3 is 0 Å². The summed E-state index contributed by atoms with van der Waals surface area (Å²) in [4.78, 5) is 0. The fourth-order valence-electron chi connectivity index (χ4n) is 1.79. The second-order valence-electron chi connectivity index (χ2n) is 4.05. The molecule has 0 aliphatic heterocycles. The van der Waals surface area contributed by atoms with Crippen molar-refractivity contribution in [2.45, 2.75) is 13.0 Å². The molecule has 1 atom stereocenters. The Morgan fingerprint density at radius 1 is 1.11 bits per heavy atom. The minimum absolute atomic E-state index is 0.0310. The van der Waals surface area contributed by atoms with Gasteiger partial charge < -0.3 is 5.32 Å². The summed E-state index contributed by atoms with van der Waals surface area (Å²) in [7, 11) is 0. The minimum Gasteiger partial charge on any atom is -0.378 e. The Bertz CT molecular complexity index is 537. The molecule has 0 heterocycles. The highest BCUT2D eigenvalue weighted by Crippen LogP contribution is 2.27. The molecule has 0 fully saturated rings. The summed E-state index contributed by atoms with van der Waals surface area (Å²) < 4.78 is 13.2. The first-order chi connectivity index (χ1) is 8.56. The average Bonchev–Trinajstić information content (AvgIpc) is 2.27. The van der Waals surface area contributed by atoms with Gasteiger partial charge in [0.25, 0.3) is 0 Å². The number of nitrogens with one attached hydrogen (secondary N) is 1. The Morgan fingerprint density at radius 2 is 1.83 bits per heavy atom. The predicted molar refractivity (Wildman–Crippen MR) is 74.9 cm³/mol. The molecular weight excluding hydrogens is 272 g/mol. The van der Waals surface area contributed by atoms with E-state index >= 15 is 0 Å². The summed E-state index contributed by atoms with van der Waals surface area (Å²) in [6.45, 7) is 1.96. The second kappa shape index (κ2) is 5.59. The Balaban J connectivity index is 2.21. The van der Waals surface area contributed by atoms with Crippen molar-refractivity contribution in [1.29, 1.82) is 0 Å². The molecule has 0 bridgehead atoms. The summed E-state index contributed by atoms with van der Waals surface area (Å²) >= 11 is 11.9. The lowest BCUT2D eigenvalue weighted by molar-refractivity contribution is 0.628. The minimum atomic E-state index is -0.364. The fraction of sp³-hybridized carbons (Fsp3) is 0.143. The molecule has 18 heavy (non-hydrogen) atoms. The smallest absolute Gasteiger partial charge is 0.126 e. The van der Waals surface area contributed by atoms with Crippen molar-refractivity contribution in [3.05, 3.63) is 63.9 Å². The molecule has 1 N–H and O–H groups in total. The first kappa shape index (κ1) is 13.2. The summed E-state index contributed by atoms with van der Waals surface area (Å²) in [6.07, 6.45) is 0. The van der Waals surface area contributed by atoms with Crippen LogP contribution in [0.4, 0.5) is 10.1 Å². The average molecular weight is 284 g/mol. The zero-order valence-corrected chi connectivity index (χ0v) is 11.3. The number of hydrogen-bond donors (Lipinski definition) is 1. The van der Waals surface area contributed by atoms with Crippen LogP contribution >= 0.6 is 23.2 Å². The number of benzene rings is 2. The molecule has 0 amide bonds. The molecule has 94 valence electrons. The van der Waals surface area contributed by atoms with Crippen LogP contribution in [0.2, 0.25) is 10.0 Å². The Labute approximate surface area is 116 Å². The SMILES string of the molecule is CC(Nc1cc(F)cc(Cl)c1)c1ccccc1Cl. The highest BCUT2D eigenvalue weighted by molar-refractivity contribution is 6.31. The molecule has 0 saturated heterocycles. The zero-order valence-electron chi connectivity index (χ0n) is 9.75. The van der Waals surface area contributed by atoms with Crippen LogP contribution in [-0.2, 0) is 0 Å².